The lowest BCUT2D eigenvalue weighted by molar-refractivity contribution is 0.100. The van der Waals surface area contributed by atoms with Gasteiger partial charge in [0.2, 0.25) is 0 Å². The fourth-order valence-electron chi connectivity index (χ4n) is 2.85. The molecule has 5 nitrogen and oxygen atoms in total. The number of ether oxygens (including phenoxy) is 1. The Morgan fingerprint density at radius 1 is 1.07 bits per heavy atom. The number of nitrogens with one attached hydrogen (secondary N) is 1. The monoisotopic (exact) mass is 394 g/mol. The van der Waals surface area contributed by atoms with Crippen molar-refractivity contribution >= 4 is 28.2 Å². The molecular weight excluding hydrogens is 372 g/mol. The number of benzene rings is 2. The minimum Gasteiger partial charge on any atom is -0.493 e. The summed E-state index contributed by atoms with van der Waals surface area (Å²) in [6.07, 6.45) is 0.785. The van der Waals surface area contributed by atoms with Crippen LogP contribution in [-0.4, -0.2) is 18.4 Å². The van der Waals surface area contributed by atoms with Crippen LogP contribution in [0.4, 0.5) is 5.00 Å². The third-order valence-electron chi connectivity index (χ3n) is 4.46. The van der Waals surface area contributed by atoms with E-state index in [1.807, 2.05) is 38.1 Å². The molecule has 0 radical (unpaired) electrons. The van der Waals surface area contributed by atoms with E-state index >= 15 is 0 Å². The van der Waals surface area contributed by atoms with E-state index in [9.17, 15) is 9.59 Å². The Bertz CT molecular complexity index is 996. The Balaban J connectivity index is 1.67. The molecule has 0 aliphatic rings. The van der Waals surface area contributed by atoms with Crippen LogP contribution in [0.25, 0.3) is 0 Å². The van der Waals surface area contributed by atoms with Gasteiger partial charge in [-0.25, -0.2) is 0 Å². The maximum absolute atomic E-state index is 12.6. The molecule has 0 aliphatic heterocycles. The minimum absolute atomic E-state index is 0.308. The molecule has 0 spiro atoms. The summed E-state index contributed by atoms with van der Waals surface area (Å²) in [4.78, 5) is 25.3. The normalized spacial score (nSPS) is 10.5. The van der Waals surface area contributed by atoms with E-state index in [-0.39, 0.29) is 5.91 Å². The molecule has 0 saturated carbocycles. The molecule has 0 saturated heterocycles. The van der Waals surface area contributed by atoms with Crippen molar-refractivity contribution in [3.05, 3.63) is 81.7 Å². The largest absolute Gasteiger partial charge is 0.493 e. The Hall–Kier alpha value is -3.12. The van der Waals surface area contributed by atoms with E-state index in [2.05, 4.69) is 17.4 Å². The van der Waals surface area contributed by atoms with Crippen molar-refractivity contribution in [3.8, 4) is 5.75 Å². The maximum Gasteiger partial charge on any atom is 0.256 e. The molecule has 0 bridgehead atoms. The van der Waals surface area contributed by atoms with E-state index in [0.29, 0.717) is 28.5 Å². The second-order valence-electron chi connectivity index (χ2n) is 6.42. The minimum atomic E-state index is -0.546. The van der Waals surface area contributed by atoms with Crippen LogP contribution in [0.1, 0.15) is 36.7 Å². The maximum atomic E-state index is 12.6. The molecule has 0 fully saturated rings. The van der Waals surface area contributed by atoms with Gasteiger partial charge in [-0.2, -0.15) is 0 Å². The van der Waals surface area contributed by atoms with Crippen LogP contribution in [0.3, 0.4) is 0 Å². The van der Waals surface area contributed by atoms with Gasteiger partial charge in [-0.15, -0.1) is 11.3 Å². The average molecular weight is 394 g/mol. The van der Waals surface area contributed by atoms with Gasteiger partial charge in [-0.05, 0) is 43.2 Å². The number of primary amides is 1. The van der Waals surface area contributed by atoms with E-state index in [4.69, 9.17) is 10.5 Å². The summed E-state index contributed by atoms with van der Waals surface area (Å²) >= 11 is 1.34. The zero-order valence-electron chi connectivity index (χ0n) is 15.8. The summed E-state index contributed by atoms with van der Waals surface area (Å²) < 4.78 is 5.78. The fourth-order valence-corrected chi connectivity index (χ4v) is 3.91. The van der Waals surface area contributed by atoms with Crippen LogP contribution in [0, 0.1) is 13.8 Å². The number of carbonyl (C=O) groups excluding carboxylic acids is 2. The van der Waals surface area contributed by atoms with Gasteiger partial charge < -0.3 is 15.8 Å². The summed E-state index contributed by atoms with van der Waals surface area (Å²) in [6, 6.07) is 17.1. The number of carbonyl (C=O) groups is 2. The predicted molar refractivity (Wildman–Crippen MR) is 112 cm³/mol. The van der Waals surface area contributed by atoms with E-state index in [1.165, 1.54) is 16.9 Å². The molecule has 6 heteroatoms. The van der Waals surface area contributed by atoms with Crippen molar-refractivity contribution in [2.24, 2.45) is 5.73 Å². The highest BCUT2D eigenvalue weighted by Gasteiger charge is 2.19. The van der Waals surface area contributed by atoms with Gasteiger partial charge in [0.15, 0.2) is 0 Å². The number of thiophene rings is 1. The van der Waals surface area contributed by atoms with Crippen molar-refractivity contribution < 1.29 is 14.3 Å². The van der Waals surface area contributed by atoms with Crippen molar-refractivity contribution in [2.75, 3.05) is 11.9 Å². The third kappa shape index (κ3) is 4.58. The summed E-state index contributed by atoms with van der Waals surface area (Å²) in [7, 11) is 0. The standard InChI is InChI=1S/C22H22N2O3S/c1-14-15(2)28-22(19(14)20(23)25)24-21(26)17-9-6-10-18(13-17)27-12-11-16-7-4-3-5-8-16/h3-10,13H,11-12H2,1-2H3,(H2,23,25)(H,24,26). The number of hydrogen-bond donors (Lipinski definition) is 2. The number of nitrogens with two attached hydrogens (primary N) is 1. The van der Waals surface area contributed by atoms with Crippen molar-refractivity contribution in [3.63, 3.8) is 0 Å². The van der Waals surface area contributed by atoms with Gasteiger partial charge >= 0.3 is 0 Å². The molecule has 2 amide bonds. The molecule has 0 aliphatic carbocycles. The van der Waals surface area contributed by atoms with Crippen LogP contribution < -0.4 is 15.8 Å². The highest BCUT2D eigenvalue weighted by molar-refractivity contribution is 7.16. The van der Waals surface area contributed by atoms with Crippen LogP contribution in [0.2, 0.25) is 0 Å². The number of anilines is 1. The topological polar surface area (TPSA) is 81.4 Å². The fraction of sp³-hybridized carbons (Fsp3) is 0.182. The molecule has 144 valence electrons. The van der Waals surface area contributed by atoms with Crippen LogP contribution in [-0.2, 0) is 6.42 Å². The molecule has 2 aromatic carbocycles. The van der Waals surface area contributed by atoms with E-state index in [0.717, 1.165) is 16.9 Å². The molecule has 0 unspecified atom stereocenters. The summed E-state index contributed by atoms with van der Waals surface area (Å²) in [5, 5.41) is 3.28. The Morgan fingerprint density at radius 3 is 2.54 bits per heavy atom. The second kappa shape index (κ2) is 8.71. The lowest BCUT2D eigenvalue weighted by atomic mass is 10.1. The number of amides is 2. The van der Waals surface area contributed by atoms with Gasteiger partial charge in [0, 0.05) is 16.9 Å². The molecule has 3 rings (SSSR count). The highest BCUT2D eigenvalue weighted by atomic mass is 32.1. The molecule has 3 N–H and O–H groups in total. The van der Waals surface area contributed by atoms with E-state index in [1.54, 1.807) is 18.2 Å². The first kappa shape index (κ1) is 19.6. The van der Waals surface area contributed by atoms with Crippen LogP contribution in [0.5, 0.6) is 5.75 Å². The average Bonchev–Trinajstić information content (AvgIpc) is 2.96. The molecule has 3 aromatic rings. The first-order valence-corrected chi connectivity index (χ1v) is 9.75. The molecule has 1 heterocycles. The number of hydrogen-bond acceptors (Lipinski definition) is 4. The molecule has 28 heavy (non-hydrogen) atoms. The Kier molecular flexibility index (Phi) is 6.11. The SMILES string of the molecule is Cc1sc(NC(=O)c2cccc(OCCc3ccccc3)c2)c(C(N)=O)c1C. The Labute approximate surface area is 168 Å². The smallest absolute Gasteiger partial charge is 0.256 e. The highest BCUT2D eigenvalue weighted by Crippen LogP contribution is 2.32. The van der Waals surface area contributed by atoms with Gasteiger partial charge in [0.25, 0.3) is 11.8 Å². The van der Waals surface area contributed by atoms with Crippen molar-refractivity contribution in [1.82, 2.24) is 0 Å². The van der Waals surface area contributed by atoms with E-state index < -0.39 is 5.91 Å². The van der Waals surface area contributed by atoms with Gasteiger partial charge in [0.05, 0.1) is 12.2 Å². The van der Waals surface area contributed by atoms with Crippen LogP contribution in [0.15, 0.2) is 54.6 Å². The molecular formula is C22H22N2O3S. The third-order valence-corrected chi connectivity index (χ3v) is 5.58. The first-order chi connectivity index (χ1) is 13.5. The zero-order valence-corrected chi connectivity index (χ0v) is 16.6. The zero-order chi connectivity index (χ0) is 20.1. The number of rotatable bonds is 7. The van der Waals surface area contributed by atoms with Crippen molar-refractivity contribution in [1.29, 1.82) is 0 Å². The molecule has 1 aromatic heterocycles. The first-order valence-electron chi connectivity index (χ1n) is 8.93. The van der Waals surface area contributed by atoms with Crippen molar-refractivity contribution in [2.45, 2.75) is 20.3 Å². The van der Waals surface area contributed by atoms with Gasteiger partial charge in [-0.3, -0.25) is 9.59 Å². The quantitative estimate of drug-likeness (QED) is 0.625. The van der Waals surface area contributed by atoms with Gasteiger partial charge in [0.1, 0.15) is 10.8 Å². The summed E-state index contributed by atoms with van der Waals surface area (Å²) in [5.74, 6) is -0.232. The lowest BCUT2D eigenvalue weighted by Crippen LogP contribution is -2.17. The lowest BCUT2D eigenvalue weighted by Gasteiger charge is -2.09. The summed E-state index contributed by atoms with van der Waals surface area (Å²) in [5.41, 5.74) is 8.28. The second-order valence-corrected chi connectivity index (χ2v) is 7.64. The van der Waals surface area contributed by atoms with Crippen LogP contribution >= 0.6 is 11.3 Å². The predicted octanol–water partition coefficient (Wildman–Crippen LogP) is 4.34. The summed E-state index contributed by atoms with van der Waals surface area (Å²) in [6.45, 7) is 4.23. The number of aryl methyl sites for hydroxylation is 1. The Morgan fingerprint density at radius 2 is 1.82 bits per heavy atom. The van der Waals surface area contributed by atoms with Gasteiger partial charge in [-0.1, -0.05) is 36.4 Å². The molecule has 0 atom stereocenters.